The van der Waals surface area contributed by atoms with Crippen molar-refractivity contribution < 1.29 is 24.2 Å². The van der Waals surface area contributed by atoms with E-state index in [4.69, 9.17) is 9.47 Å². The zero-order valence-corrected chi connectivity index (χ0v) is 32.6. The third kappa shape index (κ3) is 38.4. The van der Waals surface area contributed by atoms with Crippen molar-refractivity contribution in [2.24, 2.45) is 0 Å². The van der Waals surface area contributed by atoms with Crippen LogP contribution in [0.1, 0.15) is 194 Å². The first-order chi connectivity index (χ1) is 24.6. The van der Waals surface area contributed by atoms with Gasteiger partial charge in [-0.05, 0) is 83.5 Å². The second kappa shape index (κ2) is 41.0. The maximum atomic E-state index is 12.2. The van der Waals surface area contributed by atoms with Crippen molar-refractivity contribution >= 4 is 11.9 Å². The lowest BCUT2D eigenvalue weighted by Gasteiger charge is -2.15. The van der Waals surface area contributed by atoms with Gasteiger partial charge in [-0.15, -0.1) is 0 Å². The number of unbranched alkanes of at least 4 members (excludes halogenated alkanes) is 19. The number of aliphatic hydroxyl groups excluding tert-OH is 1. The molecule has 0 saturated carbocycles. The van der Waals surface area contributed by atoms with E-state index in [9.17, 15) is 14.7 Å². The first kappa shape index (κ1) is 47.6. The molecule has 0 bridgehead atoms. The summed E-state index contributed by atoms with van der Waals surface area (Å²) in [7, 11) is 0. The van der Waals surface area contributed by atoms with E-state index in [1.807, 2.05) is 0 Å². The Labute approximate surface area is 309 Å². The van der Waals surface area contributed by atoms with Crippen molar-refractivity contribution in [2.75, 3.05) is 13.2 Å². The first-order valence-corrected chi connectivity index (χ1v) is 20.8. The van der Waals surface area contributed by atoms with Gasteiger partial charge in [0.2, 0.25) is 0 Å². The molecule has 1 atom stereocenters. The number of carbonyl (C=O) groups excluding carboxylic acids is 2. The van der Waals surface area contributed by atoms with E-state index in [-0.39, 0.29) is 25.2 Å². The number of hydrogen-bond acceptors (Lipinski definition) is 5. The van der Waals surface area contributed by atoms with Crippen LogP contribution in [-0.2, 0) is 19.1 Å². The van der Waals surface area contributed by atoms with Gasteiger partial charge >= 0.3 is 11.9 Å². The molecule has 5 heteroatoms. The summed E-state index contributed by atoms with van der Waals surface area (Å²) in [5.41, 5.74) is 0. The molecule has 0 aromatic carbocycles. The molecule has 0 heterocycles. The molecule has 0 fully saturated rings. The SMILES string of the molecule is CCCCC/C=C/C/C=C/C/C=C/C/C=C/CCCCCC(=O)O[C@@H](CO)COC(=O)CCCCCCCCC/C=C/CCCCCCCC. The highest BCUT2D eigenvalue weighted by atomic mass is 16.6. The van der Waals surface area contributed by atoms with Crippen molar-refractivity contribution in [2.45, 2.75) is 200 Å². The quantitative estimate of drug-likeness (QED) is 0.0397. The van der Waals surface area contributed by atoms with Crippen LogP contribution in [0.5, 0.6) is 0 Å². The van der Waals surface area contributed by atoms with Gasteiger partial charge in [-0.25, -0.2) is 0 Å². The molecule has 0 saturated heterocycles. The maximum absolute atomic E-state index is 12.2. The van der Waals surface area contributed by atoms with Gasteiger partial charge in [0.25, 0.3) is 0 Å². The summed E-state index contributed by atoms with van der Waals surface area (Å²) in [6.45, 7) is 4.07. The predicted octanol–water partition coefficient (Wildman–Crippen LogP) is 13.2. The minimum atomic E-state index is -0.791. The van der Waals surface area contributed by atoms with Crippen molar-refractivity contribution in [3.63, 3.8) is 0 Å². The number of rotatable bonds is 37. The number of allylic oxidation sites excluding steroid dienone is 10. The molecule has 0 aromatic rings. The third-order valence-corrected chi connectivity index (χ3v) is 8.78. The number of aliphatic hydroxyl groups is 1. The van der Waals surface area contributed by atoms with Crippen LogP contribution in [0.2, 0.25) is 0 Å². The molecule has 50 heavy (non-hydrogen) atoms. The van der Waals surface area contributed by atoms with Crippen LogP contribution in [-0.4, -0.2) is 36.4 Å². The molecule has 0 aliphatic rings. The molecule has 5 nitrogen and oxygen atoms in total. The second-order valence-corrected chi connectivity index (χ2v) is 13.7. The van der Waals surface area contributed by atoms with Crippen molar-refractivity contribution in [1.82, 2.24) is 0 Å². The van der Waals surface area contributed by atoms with Gasteiger partial charge in [-0.1, -0.05) is 158 Å². The van der Waals surface area contributed by atoms with E-state index in [2.05, 4.69) is 74.6 Å². The summed E-state index contributed by atoms with van der Waals surface area (Å²) >= 11 is 0. The predicted molar refractivity (Wildman–Crippen MR) is 214 cm³/mol. The van der Waals surface area contributed by atoms with E-state index in [1.165, 1.54) is 103 Å². The van der Waals surface area contributed by atoms with Gasteiger partial charge in [-0.2, -0.15) is 0 Å². The second-order valence-electron chi connectivity index (χ2n) is 13.7. The largest absolute Gasteiger partial charge is 0.462 e. The average molecular weight is 699 g/mol. The normalized spacial score (nSPS) is 12.8. The van der Waals surface area contributed by atoms with E-state index in [0.717, 1.165) is 64.2 Å². The lowest BCUT2D eigenvalue weighted by atomic mass is 10.1. The van der Waals surface area contributed by atoms with Crippen LogP contribution >= 0.6 is 0 Å². The highest BCUT2D eigenvalue weighted by molar-refractivity contribution is 5.70. The molecule has 0 unspecified atom stereocenters. The molecule has 0 rings (SSSR count). The fraction of sp³-hybridized carbons (Fsp3) is 0.733. The van der Waals surface area contributed by atoms with Gasteiger partial charge in [0.15, 0.2) is 6.10 Å². The fourth-order valence-corrected chi connectivity index (χ4v) is 5.59. The van der Waals surface area contributed by atoms with Crippen LogP contribution in [0.3, 0.4) is 0 Å². The van der Waals surface area contributed by atoms with Crippen LogP contribution in [0.4, 0.5) is 0 Å². The molecule has 0 radical (unpaired) electrons. The van der Waals surface area contributed by atoms with Gasteiger partial charge in [0, 0.05) is 12.8 Å². The van der Waals surface area contributed by atoms with Crippen molar-refractivity contribution in [1.29, 1.82) is 0 Å². The number of esters is 2. The van der Waals surface area contributed by atoms with Gasteiger partial charge in [0.05, 0.1) is 6.61 Å². The molecule has 0 amide bonds. The Balaban J connectivity index is 3.64. The number of hydrogen-bond donors (Lipinski definition) is 1. The Morgan fingerprint density at radius 2 is 0.800 bits per heavy atom. The minimum Gasteiger partial charge on any atom is -0.462 e. The fourth-order valence-electron chi connectivity index (χ4n) is 5.59. The zero-order chi connectivity index (χ0) is 36.4. The first-order valence-electron chi connectivity index (χ1n) is 20.8. The lowest BCUT2D eigenvalue weighted by molar-refractivity contribution is -0.161. The topological polar surface area (TPSA) is 72.8 Å². The smallest absolute Gasteiger partial charge is 0.306 e. The Hall–Kier alpha value is -2.40. The average Bonchev–Trinajstić information content (AvgIpc) is 3.12. The van der Waals surface area contributed by atoms with Crippen molar-refractivity contribution in [3.05, 3.63) is 60.8 Å². The van der Waals surface area contributed by atoms with Crippen LogP contribution in [0.15, 0.2) is 60.8 Å². The summed E-state index contributed by atoms with van der Waals surface area (Å²) < 4.78 is 10.6. The Bertz CT molecular complexity index is 884. The molecule has 0 spiro atoms. The van der Waals surface area contributed by atoms with Gasteiger partial charge in [0.1, 0.15) is 6.61 Å². The number of carbonyl (C=O) groups is 2. The van der Waals surface area contributed by atoms with E-state index in [0.29, 0.717) is 12.8 Å². The highest BCUT2D eigenvalue weighted by Gasteiger charge is 2.16. The van der Waals surface area contributed by atoms with E-state index < -0.39 is 6.10 Å². The zero-order valence-electron chi connectivity index (χ0n) is 32.6. The van der Waals surface area contributed by atoms with Gasteiger partial charge in [-0.3, -0.25) is 9.59 Å². The molecule has 0 aromatic heterocycles. The summed E-state index contributed by atoms with van der Waals surface area (Å²) in [4.78, 5) is 24.3. The third-order valence-electron chi connectivity index (χ3n) is 8.78. The summed E-state index contributed by atoms with van der Waals surface area (Å²) in [5.74, 6) is -0.633. The summed E-state index contributed by atoms with van der Waals surface area (Å²) in [5, 5.41) is 9.56. The monoisotopic (exact) mass is 699 g/mol. The highest BCUT2D eigenvalue weighted by Crippen LogP contribution is 2.12. The lowest BCUT2D eigenvalue weighted by Crippen LogP contribution is -2.28. The van der Waals surface area contributed by atoms with Crippen molar-refractivity contribution in [3.8, 4) is 0 Å². The van der Waals surface area contributed by atoms with Crippen LogP contribution in [0, 0.1) is 0 Å². The van der Waals surface area contributed by atoms with Gasteiger partial charge < -0.3 is 14.6 Å². The molecule has 0 aliphatic carbocycles. The Morgan fingerprint density at radius 3 is 1.28 bits per heavy atom. The molecule has 288 valence electrons. The van der Waals surface area contributed by atoms with Crippen LogP contribution < -0.4 is 0 Å². The molecule has 1 N–H and O–H groups in total. The Kier molecular flexibility index (Phi) is 39.1. The van der Waals surface area contributed by atoms with E-state index >= 15 is 0 Å². The maximum Gasteiger partial charge on any atom is 0.306 e. The Morgan fingerprint density at radius 1 is 0.460 bits per heavy atom. The summed E-state index contributed by atoms with van der Waals surface area (Å²) in [6.07, 6.45) is 52.8. The molecular formula is C45H78O5. The van der Waals surface area contributed by atoms with E-state index in [1.54, 1.807) is 0 Å². The molecular weight excluding hydrogens is 620 g/mol. The number of ether oxygens (including phenoxy) is 2. The minimum absolute atomic E-state index is 0.0828. The molecule has 0 aliphatic heterocycles. The van der Waals surface area contributed by atoms with Crippen LogP contribution in [0.25, 0.3) is 0 Å². The standard InChI is InChI=1S/C45H78O5/c1-3-5-7-9-11-13-15-17-19-21-22-24-26-28-30-32-34-36-38-40-45(48)50-43(41-46)42-49-44(47)39-37-35-33-31-29-27-25-23-20-18-16-14-12-10-8-6-4-2/h11,13,17-20,22,24,28,30,43,46H,3-10,12,14-16,21,23,25-27,29,31-42H2,1-2H3/b13-11+,19-17+,20-18+,24-22+,30-28+/t43-/m0/s1. The summed E-state index contributed by atoms with van der Waals surface area (Å²) in [6, 6.07) is 0.